The predicted octanol–water partition coefficient (Wildman–Crippen LogP) is 4.23. The number of nitrogens with two attached hydrogens (primary N) is 1. The summed E-state index contributed by atoms with van der Waals surface area (Å²) in [6.45, 7) is 8.27. The van der Waals surface area contributed by atoms with E-state index < -0.39 is 0 Å². The molecule has 0 aliphatic carbocycles. The second-order valence-electron chi connectivity index (χ2n) is 4.49. The fourth-order valence-electron chi connectivity index (χ4n) is 2.05. The molecule has 1 rings (SSSR count). The molecule has 1 aromatic carbocycles. The number of benzene rings is 1. The molecule has 2 N–H and O–H groups in total. The second kappa shape index (κ2) is 6.37. The van der Waals surface area contributed by atoms with Gasteiger partial charge in [0, 0.05) is 7.12 Å². The number of rotatable bonds is 6. The Bertz CT molecular complexity index is 329. The summed E-state index contributed by atoms with van der Waals surface area (Å²) < 4.78 is 0. The molecule has 0 aliphatic heterocycles. The highest BCUT2D eigenvalue weighted by Gasteiger charge is 2.06. The zero-order chi connectivity index (χ0) is 12.0. The first-order chi connectivity index (χ1) is 7.67. The molecule has 1 atom stereocenters. The fraction of sp³-hybridized carbons (Fsp3) is 0.467. The summed E-state index contributed by atoms with van der Waals surface area (Å²) >= 11 is 0. The molecular formula is C15H25N. The third-order valence-corrected chi connectivity index (χ3v) is 3.12. The van der Waals surface area contributed by atoms with Crippen LogP contribution in [-0.4, -0.2) is 0 Å². The SMILES string of the molecule is C=C(N)c1ccc(CC(CC)CCC)cc1.[HH]. The maximum atomic E-state index is 5.64. The van der Waals surface area contributed by atoms with Crippen molar-refractivity contribution in [3.8, 4) is 0 Å². The normalized spacial score (nSPS) is 12.4. The van der Waals surface area contributed by atoms with E-state index in [0.29, 0.717) is 5.70 Å². The molecule has 1 aromatic rings. The Morgan fingerprint density at radius 2 is 1.94 bits per heavy atom. The molecule has 1 nitrogen and oxygen atoms in total. The van der Waals surface area contributed by atoms with E-state index in [-0.39, 0.29) is 1.43 Å². The molecule has 90 valence electrons. The van der Waals surface area contributed by atoms with Crippen LogP contribution >= 0.6 is 0 Å². The van der Waals surface area contributed by atoms with Gasteiger partial charge < -0.3 is 5.73 Å². The minimum atomic E-state index is 0. The summed E-state index contributed by atoms with van der Waals surface area (Å²) in [5.74, 6) is 0.817. The highest BCUT2D eigenvalue weighted by molar-refractivity contribution is 5.60. The number of hydrogen-bond donors (Lipinski definition) is 1. The van der Waals surface area contributed by atoms with Crippen LogP contribution in [0.1, 0.15) is 45.7 Å². The molecule has 1 unspecified atom stereocenters. The van der Waals surface area contributed by atoms with E-state index in [1.807, 2.05) is 0 Å². The monoisotopic (exact) mass is 219 g/mol. The molecular weight excluding hydrogens is 194 g/mol. The molecule has 0 bridgehead atoms. The van der Waals surface area contributed by atoms with E-state index in [0.717, 1.165) is 11.5 Å². The maximum Gasteiger partial charge on any atom is 0.0314 e. The van der Waals surface area contributed by atoms with Crippen molar-refractivity contribution in [1.29, 1.82) is 0 Å². The smallest absolute Gasteiger partial charge is 0.0314 e. The third kappa shape index (κ3) is 3.73. The van der Waals surface area contributed by atoms with E-state index in [9.17, 15) is 0 Å². The molecule has 0 saturated carbocycles. The first-order valence-electron chi connectivity index (χ1n) is 6.21. The van der Waals surface area contributed by atoms with Crippen LogP contribution in [0.3, 0.4) is 0 Å². The van der Waals surface area contributed by atoms with Gasteiger partial charge in [0.25, 0.3) is 0 Å². The molecule has 0 amide bonds. The summed E-state index contributed by atoms with van der Waals surface area (Å²) in [7, 11) is 0. The van der Waals surface area contributed by atoms with Gasteiger partial charge in [-0.05, 0) is 23.5 Å². The highest BCUT2D eigenvalue weighted by Crippen LogP contribution is 2.18. The molecule has 0 aliphatic rings. The Kier molecular flexibility index (Phi) is 5.10. The molecule has 16 heavy (non-hydrogen) atoms. The first kappa shape index (κ1) is 12.8. The predicted molar refractivity (Wildman–Crippen MR) is 74.2 cm³/mol. The third-order valence-electron chi connectivity index (χ3n) is 3.12. The van der Waals surface area contributed by atoms with Crippen LogP contribution in [0.2, 0.25) is 0 Å². The Hall–Kier alpha value is -1.24. The molecule has 0 fully saturated rings. The van der Waals surface area contributed by atoms with Gasteiger partial charge in [-0.1, -0.05) is 64.0 Å². The first-order valence-corrected chi connectivity index (χ1v) is 6.21. The van der Waals surface area contributed by atoms with Gasteiger partial charge in [0.2, 0.25) is 0 Å². The van der Waals surface area contributed by atoms with E-state index in [4.69, 9.17) is 5.73 Å². The van der Waals surface area contributed by atoms with Crippen LogP contribution in [0, 0.1) is 5.92 Å². The van der Waals surface area contributed by atoms with Crippen LogP contribution < -0.4 is 5.73 Å². The Balaban J connectivity index is 0.00000256. The van der Waals surface area contributed by atoms with Gasteiger partial charge >= 0.3 is 0 Å². The summed E-state index contributed by atoms with van der Waals surface area (Å²) in [5.41, 5.74) is 8.73. The van der Waals surface area contributed by atoms with E-state index in [2.05, 4.69) is 44.7 Å². The van der Waals surface area contributed by atoms with Gasteiger partial charge in [0.1, 0.15) is 0 Å². The fourth-order valence-corrected chi connectivity index (χ4v) is 2.05. The lowest BCUT2D eigenvalue weighted by Crippen LogP contribution is -2.03. The van der Waals surface area contributed by atoms with Gasteiger partial charge in [0.05, 0.1) is 0 Å². The average Bonchev–Trinajstić information content (AvgIpc) is 2.29. The topological polar surface area (TPSA) is 26.0 Å². The Labute approximate surface area is 101 Å². The quantitative estimate of drug-likeness (QED) is 0.761. The Morgan fingerprint density at radius 1 is 1.31 bits per heavy atom. The van der Waals surface area contributed by atoms with E-state index in [1.54, 1.807) is 0 Å². The summed E-state index contributed by atoms with van der Waals surface area (Å²) in [6.07, 6.45) is 5.04. The lowest BCUT2D eigenvalue weighted by molar-refractivity contribution is 0.462. The van der Waals surface area contributed by atoms with E-state index in [1.165, 1.54) is 31.2 Å². The minimum absolute atomic E-state index is 0. The largest absolute Gasteiger partial charge is 0.399 e. The molecule has 0 saturated heterocycles. The van der Waals surface area contributed by atoms with Crippen molar-refractivity contribution in [2.24, 2.45) is 11.7 Å². The van der Waals surface area contributed by atoms with Crippen molar-refractivity contribution in [2.75, 3.05) is 0 Å². The minimum Gasteiger partial charge on any atom is -0.399 e. The van der Waals surface area contributed by atoms with Crippen LogP contribution in [0.15, 0.2) is 30.8 Å². The van der Waals surface area contributed by atoms with Gasteiger partial charge in [0.15, 0.2) is 0 Å². The van der Waals surface area contributed by atoms with Crippen LogP contribution in [0.5, 0.6) is 0 Å². The van der Waals surface area contributed by atoms with Crippen LogP contribution in [0.25, 0.3) is 5.70 Å². The molecule has 0 heterocycles. The van der Waals surface area contributed by atoms with Crippen molar-refractivity contribution < 1.29 is 1.43 Å². The maximum absolute atomic E-state index is 5.64. The molecule has 1 heteroatoms. The molecule has 0 spiro atoms. The lowest BCUT2D eigenvalue weighted by Gasteiger charge is -2.13. The second-order valence-corrected chi connectivity index (χ2v) is 4.49. The van der Waals surface area contributed by atoms with Crippen molar-refractivity contribution in [2.45, 2.75) is 39.5 Å². The summed E-state index contributed by atoms with van der Waals surface area (Å²) in [6, 6.07) is 8.48. The van der Waals surface area contributed by atoms with Crippen LogP contribution in [-0.2, 0) is 6.42 Å². The zero-order valence-corrected chi connectivity index (χ0v) is 10.5. The molecule has 0 radical (unpaired) electrons. The summed E-state index contributed by atoms with van der Waals surface area (Å²) in [5, 5.41) is 0. The average molecular weight is 219 g/mol. The van der Waals surface area contributed by atoms with Gasteiger partial charge in [-0.25, -0.2) is 0 Å². The van der Waals surface area contributed by atoms with Crippen molar-refractivity contribution in [3.63, 3.8) is 0 Å². The van der Waals surface area contributed by atoms with Gasteiger partial charge in [-0.15, -0.1) is 0 Å². The van der Waals surface area contributed by atoms with Crippen molar-refractivity contribution >= 4 is 5.70 Å². The standard InChI is InChI=1S/C15H23N.H2/c1-4-6-13(5-2)11-14-7-9-15(10-8-14)12(3)16;/h7-10,13H,3-6,11,16H2,1-2H3;1H. The van der Waals surface area contributed by atoms with E-state index >= 15 is 0 Å². The molecule has 0 aromatic heterocycles. The van der Waals surface area contributed by atoms with Gasteiger partial charge in [-0.3, -0.25) is 0 Å². The van der Waals surface area contributed by atoms with Crippen molar-refractivity contribution in [1.82, 2.24) is 0 Å². The van der Waals surface area contributed by atoms with Crippen molar-refractivity contribution in [3.05, 3.63) is 42.0 Å². The summed E-state index contributed by atoms with van der Waals surface area (Å²) in [4.78, 5) is 0. The lowest BCUT2D eigenvalue weighted by atomic mass is 9.92. The Morgan fingerprint density at radius 3 is 2.38 bits per heavy atom. The zero-order valence-electron chi connectivity index (χ0n) is 10.5. The number of hydrogen-bond acceptors (Lipinski definition) is 1. The highest BCUT2D eigenvalue weighted by atomic mass is 14.6. The van der Waals surface area contributed by atoms with Gasteiger partial charge in [-0.2, -0.15) is 0 Å². The van der Waals surface area contributed by atoms with Crippen LogP contribution in [0.4, 0.5) is 0 Å².